The molecule has 0 amide bonds. The van der Waals surface area contributed by atoms with Gasteiger partial charge in [0.2, 0.25) is 0 Å². The summed E-state index contributed by atoms with van der Waals surface area (Å²) in [4.78, 5) is 13.8. The van der Waals surface area contributed by atoms with E-state index in [9.17, 15) is 4.79 Å². The average Bonchev–Trinajstić information content (AvgIpc) is 2.39. The number of nitrogens with zero attached hydrogens (tertiary/aromatic N) is 1. The van der Waals surface area contributed by atoms with Crippen LogP contribution in [0.5, 0.6) is 0 Å². The van der Waals surface area contributed by atoms with Gasteiger partial charge in [-0.15, -0.1) is 0 Å². The van der Waals surface area contributed by atoms with E-state index in [-0.39, 0.29) is 0 Å². The maximum Gasteiger partial charge on any atom is 0.133 e. The second kappa shape index (κ2) is 5.50. The Kier molecular flexibility index (Phi) is 4.59. The molecule has 0 N–H and O–H groups in total. The number of ketones is 1. The van der Waals surface area contributed by atoms with Crippen LogP contribution < -0.4 is 0 Å². The SMILES string of the molecule is CC.CN1CC2CCC(CC(=O)C2)C1. The third-order valence-corrected chi connectivity index (χ3v) is 3.16. The highest BCUT2D eigenvalue weighted by molar-refractivity contribution is 5.79. The molecule has 14 heavy (non-hydrogen) atoms. The molecule has 2 aliphatic rings. The van der Waals surface area contributed by atoms with Gasteiger partial charge in [-0.05, 0) is 31.7 Å². The molecule has 1 aliphatic heterocycles. The molecule has 1 saturated heterocycles. The third-order valence-electron chi connectivity index (χ3n) is 3.16. The van der Waals surface area contributed by atoms with Crippen LogP contribution in [0.3, 0.4) is 0 Å². The number of carbonyl (C=O) groups excluding carboxylic acids is 1. The van der Waals surface area contributed by atoms with Crippen LogP contribution in [-0.4, -0.2) is 30.8 Å². The molecule has 0 aromatic carbocycles. The molecule has 2 heteroatoms. The van der Waals surface area contributed by atoms with E-state index in [1.54, 1.807) is 0 Å². The van der Waals surface area contributed by atoms with Crippen LogP contribution in [0.25, 0.3) is 0 Å². The van der Waals surface area contributed by atoms with Gasteiger partial charge in [-0.2, -0.15) is 0 Å². The standard InChI is InChI=1S/C10H17NO.C2H6/c1-11-6-8-2-3-9(7-11)5-10(12)4-8;1-2/h8-9H,2-7H2,1H3;1-2H3. The Morgan fingerprint density at radius 2 is 1.50 bits per heavy atom. The maximum atomic E-state index is 11.4. The molecule has 0 aromatic rings. The predicted molar refractivity (Wildman–Crippen MR) is 59.3 cm³/mol. The first-order chi connectivity index (χ1) is 6.74. The molecule has 1 aliphatic carbocycles. The molecule has 2 unspecified atom stereocenters. The number of fused-ring (bicyclic) bond motifs is 3. The van der Waals surface area contributed by atoms with E-state index in [1.165, 1.54) is 12.8 Å². The number of hydrogen-bond acceptors (Lipinski definition) is 2. The average molecular weight is 197 g/mol. The molecule has 2 bridgehead atoms. The van der Waals surface area contributed by atoms with E-state index in [4.69, 9.17) is 0 Å². The second-order valence-electron chi connectivity index (χ2n) is 4.48. The van der Waals surface area contributed by atoms with Crippen molar-refractivity contribution in [3.05, 3.63) is 0 Å². The third kappa shape index (κ3) is 3.09. The molecule has 82 valence electrons. The fourth-order valence-corrected chi connectivity index (χ4v) is 2.67. The van der Waals surface area contributed by atoms with Gasteiger partial charge in [-0.3, -0.25) is 4.79 Å². The van der Waals surface area contributed by atoms with E-state index < -0.39 is 0 Å². The van der Waals surface area contributed by atoms with Crippen LogP contribution >= 0.6 is 0 Å². The second-order valence-corrected chi connectivity index (χ2v) is 4.48. The van der Waals surface area contributed by atoms with Gasteiger partial charge in [-0.25, -0.2) is 0 Å². The van der Waals surface area contributed by atoms with Crippen molar-refractivity contribution < 1.29 is 4.79 Å². The highest BCUT2D eigenvalue weighted by atomic mass is 16.1. The first-order valence-corrected chi connectivity index (χ1v) is 5.94. The highest BCUT2D eigenvalue weighted by Crippen LogP contribution is 2.29. The Hall–Kier alpha value is -0.370. The zero-order valence-corrected chi connectivity index (χ0v) is 9.75. The zero-order chi connectivity index (χ0) is 10.6. The van der Waals surface area contributed by atoms with Crippen LogP contribution in [0.2, 0.25) is 0 Å². The number of carbonyl (C=O) groups is 1. The van der Waals surface area contributed by atoms with Gasteiger partial charge >= 0.3 is 0 Å². The minimum absolute atomic E-state index is 0.510. The fraction of sp³-hybridized carbons (Fsp3) is 0.917. The first-order valence-electron chi connectivity index (χ1n) is 5.94. The van der Waals surface area contributed by atoms with Crippen LogP contribution in [-0.2, 0) is 4.79 Å². The van der Waals surface area contributed by atoms with E-state index in [1.807, 2.05) is 13.8 Å². The summed E-state index contributed by atoms with van der Waals surface area (Å²) in [5, 5.41) is 0. The lowest BCUT2D eigenvalue weighted by Gasteiger charge is -2.23. The van der Waals surface area contributed by atoms with Crippen molar-refractivity contribution in [1.29, 1.82) is 0 Å². The molecule has 2 rings (SSSR count). The Labute approximate surface area is 87.7 Å². The molecule has 0 aromatic heterocycles. The van der Waals surface area contributed by atoms with Crippen LogP contribution in [0, 0.1) is 11.8 Å². The molecular formula is C12H23NO. The summed E-state index contributed by atoms with van der Waals surface area (Å²) in [5.41, 5.74) is 0. The quantitative estimate of drug-likeness (QED) is 0.594. The summed E-state index contributed by atoms with van der Waals surface area (Å²) >= 11 is 0. The van der Waals surface area contributed by atoms with Crippen molar-refractivity contribution >= 4 is 5.78 Å². The fourth-order valence-electron chi connectivity index (χ4n) is 2.67. The van der Waals surface area contributed by atoms with Gasteiger partial charge in [0.25, 0.3) is 0 Å². The normalized spacial score (nSPS) is 32.9. The predicted octanol–water partition coefficient (Wildman–Crippen LogP) is 2.33. The van der Waals surface area contributed by atoms with Crippen molar-refractivity contribution in [1.82, 2.24) is 4.90 Å². The van der Waals surface area contributed by atoms with Crippen molar-refractivity contribution in [2.45, 2.75) is 39.5 Å². The highest BCUT2D eigenvalue weighted by Gasteiger charge is 2.29. The van der Waals surface area contributed by atoms with E-state index >= 15 is 0 Å². The monoisotopic (exact) mass is 197 g/mol. The Balaban J connectivity index is 0.000000461. The largest absolute Gasteiger partial charge is 0.306 e. The van der Waals surface area contributed by atoms with E-state index in [0.29, 0.717) is 17.6 Å². The Bertz CT molecular complexity index is 173. The minimum atomic E-state index is 0.510. The van der Waals surface area contributed by atoms with E-state index in [0.717, 1.165) is 25.9 Å². The minimum Gasteiger partial charge on any atom is -0.306 e. The maximum absolute atomic E-state index is 11.4. The molecule has 2 nitrogen and oxygen atoms in total. The molecule has 1 heterocycles. The summed E-state index contributed by atoms with van der Waals surface area (Å²) < 4.78 is 0. The van der Waals surface area contributed by atoms with Gasteiger partial charge in [0.1, 0.15) is 5.78 Å². The lowest BCUT2D eigenvalue weighted by atomic mass is 9.99. The summed E-state index contributed by atoms with van der Waals surface area (Å²) in [7, 11) is 2.18. The summed E-state index contributed by atoms with van der Waals surface area (Å²) in [6.07, 6.45) is 4.25. The summed E-state index contributed by atoms with van der Waals surface area (Å²) in [5.74, 6) is 1.83. The smallest absolute Gasteiger partial charge is 0.133 e. The molecule has 0 radical (unpaired) electrons. The number of rotatable bonds is 0. The number of Topliss-reactive ketones (excluding diaryl/α,β-unsaturated/α-hetero) is 1. The van der Waals surface area contributed by atoms with Crippen LogP contribution in [0.1, 0.15) is 39.5 Å². The lowest BCUT2D eigenvalue weighted by molar-refractivity contribution is -0.121. The van der Waals surface area contributed by atoms with Crippen LogP contribution in [0.15, 0.2) is 0 Å². The van der Waals surface area contributed by atoms with Gasteiger partial charge in [-0.1, -0.05) is 13.8 Å². The van der Waals surface area contributed by atoms with Crippen molar-refractivity contribution in [3.8, 4) is 0 Å². The van der Waals surface area contributed by atoms with E-state index in [2.05, 4.69) is 11.9 Å². The van der Waals surface area contributed by atoms with Crippen molar-refractivity contribution in [2.24, 2.45) is 11.8 Å². The summed E-state index contributed by atoms with van der Waals surface area (Å²) in [6, 6.07) is 0. The number of likely N-dealkylation sites (tertiary alicyclic amines) is 1. The molecular weight excluding hydrogens is 174 g/mol. The zero-order valence-electron chi connectivity index (χ0n) is 9.75. The van der Waals surface area contributed by atoms with Crippen molar-refractivity contribution in [2.75, 3.05) is 20.1 Å². The topological polar surface area (TPSA) is 20.3 Å². The lowest BCUT2D eigenvalue weighted by Crippen LogP contribution is -2.31. The first kappa shape index (κ1) is 11.7. The molecule has 2 atom stereocenters. The summed E-state index contributed by atoms with van der Waals surface area (Å²) in [6.45, 7) is 6.28. The Morgan fingerprint density at radius 1 is 1.07 bits per heavy atom. The molecule has 0 spiro atoms. The van der Waals surface area contributed by atoms with Gasteiger partial charge < -0.3 is 4.90 Å². The Morgan fingerprint density at radius 3 is 1.93 bits per heavy atom. The molecule has 2 fully saturated rings. The van der Waals surface area contributed by atoms with Gasteiger partial charge in [0, 0.05) is 25.9 Å². The van der Waals surface area contributed by atoms with Crippen molar-refractivity contribution in [3.63, 3.8) is 0 Å². The number of hydrogen-bond donors (Lipinski definition) is 0. The molecule has 1 saturated carbocycles. The van der Waals surface area contributed by atoms with Crippen LogP contribution in [0.4, 0.5) is 0 Å². The van der Waals surface area contributed by atoms with Gasteiger partial charge in [0.05, 0.1) is 0 Å². The van der Waals surface area contributed by atoms with Gasteiger partial charge in [0.15, 0.2) is 0 Å².